The molecule has 1 aromatic carbocycles. The third-order valence-electron chi connectivity index (χ3n) is 5.59. The first-order valence-corrected chi connectivity index (χ1v) is 11.2. The smallest absolute Gasteiger partial charge is 0.277 e. The lowest BCUT2D eigenvalue weighted by atomic mass is 9.92. The second kappa shape index (κ2) is 8.42. The average Bonchev–Trinajstić information content (AvgIpc) is 2.60. The minimum atomic E-state index is -4.27. The van der Waals surface area contributed by atoms with E-state index in [0.29, 0.717) is 18.4 Å². The van der Waals surface area contributed by atoms with Crippen molar-refractivity contribution in [2.75, 3.05) is 45.8 Å². The zero-order chi connectivity index (χ0) is 20.5. The Balaban J connectivity index is 1.60. The van der Waals surface area contributed by atoms with E-state index in [1.54, 1.807) is 4.90 Å². The summed E-state index contributed by atoms with van der Waals surface area (Å²) in [6, 6.07) is 2.99. The summed E-state index contributed by atoms with van der Waals surface area (Å²) >= 11 is 0. The molecule has 0 aromatic heterocycles. The van der Waals surface area contributed by atoms with E-state index in [0.717, 1.165) is 35.6 Å². The Labute approximate surface area is 165 Å². The number of hydrogen-bond acceptors (Lipinski definition) is 3. The number of piperidine rings is 1. The van der Waals surface area contributed by atoms with Crippen molar-refractivity contribution >= 4 is 15.9 Å². The number of sulfonamides is 1. The first-order valence-electron chi connectivity index (χ1n) is 9.74. The second-order valence-electron chi connectivity index (χ2n) is 8.12. The summed E-state index contributed by atoms with van der Waals surface area (Å²) in [5.41, 5.74) is 0. The van der Waals surface area contributed by atoms with Crippen LogP contribution in [0.15, 0.2) is 23.1 Å². The van der Waals surface area contributed by atoms with E-state index < -0.39 is 26.6 Å². The Morgan fingerprint density at radius 3 is 2.14 bits per heavy atom. The van der Waals surface area contributed by atoms with Crippen molar-refractivity contribution in [1.29, 1.82) is 0 Å². The molecule has 28 heavy (non-hydrogen) atoms. The monoisotopic (exact) mass is 416 g/mol. The Bertz CT molecular complexity index is 795. The Kier molecular flexibility index (Phi) is 6.36. The summed E-state index contributed by atoms with van der Waals surface area (Å²) in [6.07, 6.45) is 1.18. The number of piperazine rings is 1. The van der Waals surface area contributed by atoms with Gasteiger partial charge in [0.15, 0.2) is 11.4 Å². The molecule has 0 aliphatic carbocycles. The van der Waals surface area contributed by atoms with E-state index in [-0.39, 0.29) is 32.1 Å². The normalized spacial score (nSPS) is 27.0. The van der Waals surface area contributed by atoms with Crippen molar-refractivity contribution in [1.82, 2.24) is 9.21 Å². The fourth-order valence-corrected chi connectivity index (χ4v) is 5.96. The van der Waals surface area contributed by atoms with Crippen LogP contribution < -0.4 is 4.90 Å². The number of carbonyl (C=O) groups excluding carboxylic acids is 1. The van der Waals surface area contributed by atoms with E-state index in [1.807, 2.05) is 0 Å². The number of quaternary nitrogens is 1. The molecule has 0 bridgehead atoms. The molecule has 2 heterocycles. The number of nitrogens with zero attached hydrogens (tertiary/aromatic N) is 2. The number of likely N-dealkylation sites (tertiary alicyclic amines) is 1. The number of rotatable bonds is 4. The van der Waals surface area contributed by atoms with Gasteiger partial charge in [0.2, 0.25) is 10.0 Å². The predicted octanol–water partition coefficient (Wildman–Crippen LogP) is 0.359. The zero-order valence-corrected chi connectivity index (χ0v) is 17.1. The molecule has 0 saturated carbocycles. The third-order valence-corrected chi connectivity index (χ3v) is 7.54. The van der Waals surface area contributed by atoms with Crippen LogP contribution in [0.5, 0.6) is 0 Å². The van der Waals surface area contributed by atoms with Gasteiger partial charge in [0, 0.05) is 38.0 Å². The fraction of sp³-hybridized carbons (Fsp3) is 0.632. The van der Waals surface area contributed by atoms with E-state index >= 15 is 0 Å². The second-order valence-corrected chi connectivity index (χ2v) is 9.99. The third kappa shape index (κ3) is 4.52. The van der Waals surface area contributed by atoms with Gasteiger partial charge in [-0.05, 0) is 18.6 Å². The maximum absolute atomic E-state index is 13.9. The maximum atomic E-state index is 13.9. The minimum Gasteiger partial charge on any atom is -0.335 e. The largest absolute Gasteiger partial charge is 0.335 e. The van der Waals surface area contributed by atoms with Gasteiger partial charge < -0.3 is 9.80 Å². The quantitative estimate of drug-likeness (QED) is 0.771. The van der Waals surface area contributed by atoms with Crippen LogP contribution in [0.4, 0.5) is 8.78 Å². The molecule has 1 N–H and O–H groups in total. The van der Waals surface area contributed by atoms with Crippen LogP contribution in [0.1, 0.15) is 20.3 Å². The molecule has 2 aliphatic rings. The van der Waals surface area contributed by atoms with Crippen molar-refractivity contribution in [3.8, 4) is 0 Å². The van der Waals surface area contributed by atoms with Gasteiger partial charge in [-0.25, -0.2) is 17.2 Å². The average molecular weight is 417 g/mol. The lowest BCUT2D eigenvalue weighted by molar-refractivity contribution is -0.904. The van der Waals surface area contributed by atoms with Crippen molar-refractivity contribution in [3.05, 3.63) is 29.8 Å². The maximum Gasteiger partial charge on any atom is 0.277 e. The standard InChI is InChI=1S/C19H27F2N3O3S/c1-14-10-15(2)12-22(11-14)13-18(25)23-6-8-24(9-7-23)28(26,27)19-16(20)4-3-5-17(19)21/h3-5,14-15H,6-13H2,1-2H3/p+1/t14-,15-/m1/s1. The van der Waals surface area contributed by atoms with Gasteiger partial charge in [-0.15, -0.1) is 0 Å². The highest BCUT2D eigenvalue weighted by Gasteiger charge is 2.35. The summed E-state index contributed by atoms with van der Waals surface area (Å²) in [7, 11) is -4.27. The zero-order valence-electron chi connectivity index (χ0n) is 16.3. The number of hydrogen-bond donors (Lipinski definition) is 1. The van der Waals surface area contributed by atoms with Crippen LogP contribution in [-0.4, -0.2) is 69.3 Å². The number of carbonyl (C=O) groups is 1. The lowest BCUT2D eigenvalue weighted by Gasteiger charge is -2.36. The Hall–Kier alpha value is -1.58. The predicted molar refractivity (Wildman–Crippen MR) is 100 cm³/mol. The van der Waals surface area contributed by atoms with E-state index in [1.165, 1.54) is 11.3 Å². The molecule has 2 aliphatic heterocycles. The molecule has 9 heteroatoms. The van der Waals surface area contributed by atoms with Gasteiger partial charge in [-0.1, -0.05) is 19.9 Å². The Morgan fingerprint density at radius 1 is 1.07 bits per heavy atom. The highest BCUT2D eigenvalue weighted by atomic mass is 32.2. The van der Waals surface area contributed by atoms with Crippen LogP contribution in [-0.2, 0) is 14.8 Å². The molecule has 1 aromatic rings. The summed E-state index contributed by atoms with van der Waals surface area (Å²) in [5, 5.41) is 0. The number of amides is 1. The molecular weight excluding hydrogens is 388 g/mol. The van der Waals surface area contributed by atoms with Gasteiger partial charge in [-0.3, -0.25) is 4.79 Å². The molecule has 156 valence electrons. The first kappa shape index (κ1) is 21.1. The first-order chi connectivity index (χ1) is 13.2. The molecule has 1 amide bonds. The van der Waals surface area contributed by atoms with Gasteiger partial charge in [-0.2, -0.15) is 4.31 Å². The number of halogens is 2. The SMILES string of the molecule is C[C@@H]1C[C@@H](C)C[NH+](CC(=O)N2CCN(S(=O)(=O)c3c(F)cccc3F)CC2)C1. The highest BCUT2D eigenvalue weighted by molar-refractivity contribution is 7.89. The molecule has 0 spiro atoms. The summed E-state index contributed by atoms with van der Waals surface area (Å²) in [6.45, 7) is 7.27. The summed E-state index contributed by atoms with van der Waals surface area (Å²) in [4.78, 5) is 14.6. The minimum absolute atomic E-state index is 0.00502. The lowest BCUT2D eigenvalue weighted by Crippen LogP contribution is -3.15. The highest BCUT2D eigenvalue weighted by Crippen LogP contribution is 2.23. The molecule has 2 fully saturated rings. The number of benzene rings is 1. The van der Waals surface area contributed by atoms with Crippen molar-refractivity contribution < 1.29 is 26.9 Å². The van der Waals surface area contributed by atoms with E-state index in [2.05, 4.69) is 13.8 Å². The van der Waals surface area contributed by atoms with Crippen molar-refractivity contribution in [2.24, 2.45) is 11.8 Å². The molecular formula is C19H28F2N3O3S+. The topological polar surface area (TPSA) is 62.1 Å². The summed E-state index contributed by atoms with van der Waals surface area (Å²) in [5.74, 6) is -1.02. The van der Waals surface area contributed by atoms with Crippen molar-refractivity contribution in [2.45, 2.75) is 25.2 Å². The summed E-state index contributed by atoms with van der Waals surface area (Å²) < 4.78 is 54.2. The van der Waals surface area contributed by atoms with Crippen molar-refractivity contribution in [3.63, 3.8) is 0 Å². The van der Waals surface area contributed by atoms with Gasteiger partial charge in [0.1, 0.15) is 11.6 Å². The molecule has 6 nitrogen and oxygen atoms in total. The van der Waals surface area contributed by atoms with Gasteiger partial charge in [0.25, 0.3) is 5.91 Å². The van der Waals surface area contributed by atoms with Crippen LogP contribution in [0.2, 0.25) is 0 Å². The Morgan fingerprint density at radius 2 is 1.61 bits per heavy atom. The molecule has 0 radical (unpaired) electrons. The van der Waals surface area contributed by atoms with E-state index in [9.17, 15) is 22.0 Å². The molecule has 3 rings (SSSR count). The van der Waals surface area contributed by atoms with E-state index in [4.69, 9.17) is 0 Å². The van der Waals surface area contributed by atoms with Crippen LogP contribution in [0.3, 0.4) is 0 Å². The molecule has 2 atom stereocenters. The van der Waals surface area contributed by atoms with Crippen LogP contribution >= 0.6 is 0 Å². The fourth-order valence-electron chi connectivity index (χ4n) is 4.43. The van der Waals surface area contributed by atoms with Gasteiger partial charge >= 0.3 is 0 Å². The molecule has 2 saturated heterocycles. The molecule has 0 unspecified atom stereocenters. The van der Waals surface area contributed by atoms with Gasteiger partial charge in [0.05, 0.1) is 13.1 Å². The van der Waals surface area contributed by atoms with Crippen LogP contribution in [0, 0.1) is 23.5 Å². The van der Waals surface area contributed by atoms with Crippen LogP contribution in [0.25, 0.3) is 0 Å². The number of nitrogens with one attached hydrogen (secondary N) is 1.